The fraction of sp³-hybridized carbons (Fsp3) is 0.929. The molecule has 3 N–H and O–H groups in total. The van der Waals surface area contributed by atoms with Gasteiger partial charge < -0.3 is 11.1 Å². The van der Waals surface area contributed by atoms with E-state index >= 15 is 0 Å². The summed E-state index contributed by atoms with van der Waals surface area (Å²) < 4.78 is 0. The minimum atomic E-state index is -0.265. The maximum Gasteiger partial charge on any atom is 0.227 e. The molecule has 0 atom stereocenters. The van der Waals surface area contributed by atoms with Crippen LogP contribution in [0.3, 0.4) is 0 Å². The number of carbonyl (C=O) groups is 1. The van der Waals surface area contributed by atoms with Gasteiger partial charge in [-0.15, -0.1) is 0 Å². The summed E-state index contributed by atoms with van der Waals surface area (Å²) in [6, 6.07) is 0. The van der Waals surface area contributed by atoms with Gasteiger partial charge in [-0.3, -0.25) is 4.79 Å². The van der Waals surface area contributed by atoms with E-state index in [4.69, 9.17) is 5.73 Å². The molecule has 0 radical (unpaired) electrons. The normalized spacial score (nSPS) is 29.0. The molecule has 3 heteroatoms. The molecule has 1 amide bonds. The molecular formula is C14H28N2O. The number of carbonyl (C=O) groups excluding carboxylic acids is 1. The Morgan fingerprint density at radius 3 is 2.53 bits per heavy atom. The second-order valence-corrected chi connectivity index (χ2v) is 5.63. The Kier molecular flexibility index (Phi) is 5.96. The lowest BCUT2D eigenvalue weighted by molar-refractivity contribution is -0.132. The lowest BCUT2D eigenvalue weighted by Gasteiger charge is -2.37. The first-order chi connectivity index (χ1) is 8.14. The molecule has 1 aliphatic rings. The van der Waals surface area contributed by atoms with E-state index in [9.17, 15) is 4.79 Å². The molecule has 0 aromatic carbocycles. The molecule has 0 aromatic heterocycles. The van der Waals surface area contributed by atoms with Crippen LogP contribution < -0.4 is 11.1 Å². The van der Waals surface area contributed by atoms with Crippen molar-refractivity contribution in [2.45, 2.75) is 58.8 Å². The number of hydrogen-bond acceptors (Lipinski definition) is 2. The van der Waals surface area contributed by atoms with Crippen LogP contribution >= 0.6 is 0 Å². The van der Waals surface area contributed by atoms with Gasteiger partial charge in [-0.25, -0.2) is 0 Å². The maximum atomic E-state index is 12.2. The van der Waals surface area contributed by atoms with Crippen molar-refractivity contribution in [3.8, 4) is 0 Å². The van der Waals surface area contributed by atoms with Crippen LogP contribution in [0.5, 0.6) is 0 Å². The molecule has 1 saturated carbocycles. The first-order valence-corrected chi connectivity index (χ1v) is 7.13. The fourth-order valence-corrected chi connectivity index (χ4v) is 2.60. The van der Waals surface area contributed by atoms with Crippen LogP contribution in [0.25, 0.3) is 0 Å². The van der Waals surface area contributed by atoms with E-state index in [1.165, 1.54) is 12.8 Å². The van der Waals surface area contributed by atoms with Crippen molar-refractivity contribution in [2.24, 2.45) is 17.1 Å². The lowest BCUT2D eigenvalue weighted by Crippen LogP contribution is -2.48. The topological polar surface area (TPSA) is 55.1 Å². The quantitative estimate of drug-likeness (QED) is 0.701. The predicted octanol–water partition coefficient (Wildman–Crippen LogP) is 2.45. The zero-order valence-corrected chi connectivity index (χ0v) is 11.4. The highest BCUT2D eigenvalue weighted by Gasteiger charge is 2.39. The highest BCUT2D eigenvalue weighted by Crippen LogP contribution is 2.38. The minimum Gasteiger partial charge on any atom is -0.356 e. The fourth-order valence-electron chi connectivity index (χ4n) is 2.60. The van der Waals surface area contributed by atoms with Crippen LogP contribution in [0, 0.1) is 11.3 Å². The lowest BCUT2D eigenvalue weighted by atomic mass is 9.70. The number of nitrogens with one attached hydrogen (secondary N) is 1. The van der Waals surface area contributed by atoms with Crippen LogP contribution in [0.1, 0.15) is 58.8 Å². The van der Waals surface area contributed by atoms with Gasteiger partial charge in [-0.2, -0.15) is 0 Å². The zero-order chi connectivity index (χ0) is 12.7. The molecule has 3 nitrogen and oxygen atoms in total. The average Bonchev–Trinajstić information content (AvgIpc) is 2.36. The Labute approximate surface area is 106 Å². The summed E-state index contributed by atoms with van der Waals surface area (Å²) in [7, 11) is 0. The van der Waals surface area contributed by atoms with Crippen molar-refractivity contribution in [1.29, 1.82) is 0 Å². The Balaban J connectivity index is 2.40. The molecule has 0 saturated heterocycles. The van der Waals surface area contributed by atoms with Gasteiger partial charge in [0, 0.05) is 13.1 Å². The van der Waals surface area contributed by atoms with E-state index < -0.39 is 0 Å². The van der Waals surface area contributed by atoms with E-state index in [0.717, 1.165) is 44.6 Å². The van der Waals surface area contributed by atoms with Crippen molar-refractivity contribution in [3.63, 3.8) is 0 Å². The van der Waals surface area contributed by atoms with Crippen molar-refractivity contribution in [1.82, 2.24) is 5.32 Å². The van der Waals surface area contributed by atoms with E-state index in [0.29, 0.717) is 6.54 Å². The summed E-state index contributed by atoms with van der Waals surface area (Å²) in [5.41, 5.74) is 5.59. The van der Waals surface area contributed by atoms with Crippen LogP contribution in [0.4, 0.5) is 0 Å². The van der Waals surface area contributed by atoms with Gasteiger partial charge in [-0.1, -0.05) is 26.7 Å². The van der Waals surface area contributed by atoms with Crippen molar-refractivity contribution in [3.05, 3.63) is 0 Å². The monoisotopic (exact) mass is 240 g/mol. The van der Waals surface area contributed by atoms with E-state index in [2.05, 4.69) is 19.2 Å². The highest BCUT2D eigenvalue weighted by molar-refractivity contribution is 5.83. The first-order valence-electron chi connectivity index (χ1n) is 7.13. The highest BCUT2D eigenvalue weighted by atomic mass is 16.2. The third-order valence-corrected chi connectivity index (χ3v) is 4.17. The molecule has 1 aliphatic carbocycles. The molecule has 0 spiro atoms. The molecule has 17 heavy (non-hydrogen) atoms. The molecule has 0 aliphatic heterocycles. The van der Waals surface area contributed by atoms with Gasteiger partial charge in [0.15, 0.2) is 0 Å². The van der Waals surface area contributed by atoms with E-state index in [1.807, 2.05) is 0 Å². The maximum absolute atomic E-state index is 12.2. The molecule has 0 heterocycles. The van der Waals surface area contributed by atoms with Crippen LogP contribution in [-0.4, -0.2) is 19.0 Å². The SMILES string of the molecule is CCCCCNC(=O)C1(CN)CCC(C)CC1. The number of amides is 1. The number of nitrogens with two attached hydrogens (primary N) is 1. The third kappa shape index (κ3) is 3.98. The molecular weight excluding hydrogens is 212 g/mol. The zero-order valence-electron chi connectivity index (χ0n) is 11.4. The summed E-state index contributed by atoms with van der Waals surface area (Å²) in [5.74, 6) is 0.950. The van der Waals surface area contributed by atoms with Gasteiger partial charge in [0.2, 0.25) is 5.91 Å². The predicted molar refractivity (Wildman–Crippen MR) is 71.7 cm³/mol. The first kappa shape index (κ1) is 14.5. The average molecular weight is 240 g/mol. The third-order valence-electron chi connectivity index (χ3n) is 4.17. The number of unbranched alkanes of at least 4 members (excludes halogenated alkanes) is 2. The Bertz CT molecular complexity index is 232. The van der Waals surface area contributed by atoms with Gasteiger partial charge in [-0.05, 0) is 38.0 Å². The smallest absolute Gasteiger partial charge is 0.227 e. The number of hydrogen-bond donors (Lipinski definition) is 2. The van der Waals surface area contributed by atoms with E-state index in [1.54, 1.807) is 0 Å². The van der Waals surface area contributed by atoms with Crippen LogP contribution in [0.2, 0.25) is 0 Å². The van der Waals surface area contributed by atoms with Crippen molar-refractivity contribution in [2.75, 3.05) is 13.1 Å². The summed E-state index contributed by atoms with van der Waals surface area (Å²) in [6.45, 7) is 5.74. The van der Waals surface area contributed by atoms with Crippen LogP contribution in [-0.2, 0) is 4.79 Å². The van der Waals surface area contributed by atoms with Gasteiger partial charge in [0.05, 0.1) is 5.41 Å². The standard InChI is InChI=1S/C14H28N2O/c1-3-4-5-10-16-13(17)14(11-15)8-6-12(2)7-9-14/h12H,3-11,15H2,1-2H3,(H,16,17). The molecule has 0 bridgehead atoms. The largest absolute Gasteiger partial charge is 0.356 e. The molecule has 0 unspecified atom stereocenters. The molecule has 0 aromatic rings. The van der Waals surface area contributed by atoms with Gasteiger partial charge in [0.25, 0.3) is 0 Å². The van der Waals surface area contributed by atoms with Gasteiger partial charge in [0.1, 0.15) is 0 Å². The summed E-state index contributed by atoms with van der Waals surface area (Å²) in [6.07, 6.45) is 7.66. The van der Waals surface area contributed by atoms with Crippen LogP contribution in [0.15, 0.2) is 0 Å². The van der Waals surface area contributed by atoms with E-state index in [-0.39, 0.29) is 11.3 Å². The number of rotatable bonds is 6. The summed E-state index contributed by atoms with van der Waals surface area (Å²) >= 11 is 0. The summed E-state index contributed by atoms with van der Waals surface area (Å²) in [5, 5.41) is 3.07. The summed E-state index contributed by atoms with van der Waals surface area (Å²) in [4.78, 5) is 12.2. The second-order valence-electron chi connectivity index (χ2n) is 5.63. The second kappa shape index (κ2) is 7.00. The molecule has 1 rings (SSSR count). The Hall–Kier alpha value is -0.570. The van der Waals surface area contributed by atoms with Gasteiger partial charge >= 0.3 is 0 Å². The minimum absolute atomic E-state index is 0.197. The van der Waals surface area contributed by atoms with Crippen molar-refractivity contribution < 1.29 is 4.79 Å². The Morgan fingerprint density at radius 1 is 1.35 bits per heavy atom. The molecule has 1 fully saturated rings. The van der Waals surface area contributed by atoms with Crippen molar-refractivity contribution >= 4 is 5.91 Å². The molecule has 100 valence electrons. The Morgan fingerprint density at radius 2 is 2.00 bits per heavy atom.